The molecule has 0 spiro atoms. The molecule has 1 atom stereocenters. The number of phenols is 1. The third-order valence-electron chi connectivity index (χ3n) is 2.91. The number of rotatable bonds is 2. The maximum atomic E-state index is 9.39. The van der Waals surface area contributed by atoms with Crippen molar-refractivity contribution in [2.75, 3.05) is 0 Å². The minimum atomic E-state index is 0.322. The van der Waals surface area contributed by atoms with Crippen molar-refractivity contribution in [3.8, 4) is 5.75 Å². The Morgan fingerprint density at radius 2 is 2.20 bits per heavy atom. The number of allylic oxidation sites excluding steroid dienone is 2. The Hall–Kier alpha value is -0.760. The molecule has 1 aromatic rings. The Morgan fingerprint density at radius 3 is 2.87 bits per heavy atom. The van der Waals surface area contributed by atoms with Gasteiger partial charge in [0.1, 0.15) is 5.75 Å². The standard InChI is InChI=1S/C13H15BrO/c14-12-9-11(6-7-13(12)15)8-10-4-2-1-3-5-10/h1-2,6-7,9-10,15H,3-5,8H2/t10-/m1/s1. The minimum Gasteiger partial charge on any atom is -0.507 e. The molecule has 0 unspecified atom stereocenters. The minimum absolute atomic E-state index is 0.322. The molecule has 1 nitrogen and oxygen atoms in total. The lowest BCUT2D eigenvalue weighted by atomic mass is 9.89. The van der Waals surface area contributed by atoms with E-state index in [1.54, 1.807) is 6.07 Å². The van der Waals surface area contributed by atoms with Crippen LogP contribution in [0.1, 0.15) is 24.8 Å². The van der Waals surface area contributed by atoms with Crippen LogP contribution in [0.4, 0.5) is 0 Å². The number of phenolic OH excluding ortho intramolecular Hbond substituents is 1. The first-order chi connectivity index (χ1) is 7.25. The topological polar surface area (TPSA) is 20.2 Å². The average Bonchev–Trinajstić information content (AvgIpc) is 2.25. The van der Waals surface area contributed by atoms with Gasteiger partial charge >= 0.3 is 0 Å². The lowest BCUT2D eigenvalue weighted by Crippen LogP contribution is -2.06. The van der Waals surface area contributed by atoms with Crippen LogP contribution < -0.4 is 0 Å². The van der Waals surface area contributed by atoms with Crippen LogP contribution in [0.5, 0.6) is 5.75 Å². The summed E-state index contributed by atoms with van der Waals surface area (Å²) in [5.74, 6) is 1.09. The first kappa shape index (κ1) is 10.7. The fraction of sp³-hybridized carbons (Fsp3) is 0.385. The fourth-order valence-corrected chi connectivity index (χ4v) is 2.48. The van der Waals surface area contributed by atoms with Gasteiger partial charge in [-0.3, -0.25) is 0 Å². The van der Waals surface area contributed by atoms with E-state index in [9.17, 15) is 5.11 Å². The summed E-state index contributed by atoms with van der Waals surface area (Å²) in [6.07, 6.45) is 9.35. The van der Waals surface area contributed by atoms with E-state index in [-0.39, 0.29) is 0 Å². The third-order valence-corrected chi connectivity index (χ3v) is 3.55. The fourth-order valence-electron chi connectivity index (χ4n) is 2.05. The second kappa shape index (κ2) is 4.84. The van der Waals surface area contributed by atoms with Crippen LogP contribution in [-0.4, -0.2) is 5.11 Å². The molecule has 1 aromatic carbocycles. The highest BCUT2D eigenvalue weighted by molar-refractivity contribution is 9.10. The quantitative estimate of drug-likeness (QED) is 0.801. The maximum absolute atomic E-state index is 9.39. The first-order valence-electron chi connectivity index (χ1n) is 5.38. The molecule has 0 saturated heterocycles. The van der Waals surface area contributed by atoms with Crippen LogP contribution in [0, 0.1) is 5.92 Å². The van der Waals surface area contributed by atoms with E-state index in [2.05, 4.69) is 28.1 Å². The Labute approximate surface area is 99.0 Å². The average molecular weight is 267 g/mol. The van der Waals surface area contributed by atoms with E-state index in [1.165, 1.54) is 24.8 Å². The van der Waals surface area contributed by atoms with Crippen molar-refractivity contribution in [3.63, 3.8) is 0 Å². The molecule has 0 bridgehead atoms. The van der Waals surface area contributed by atoms with E-state index in [1.807, 2.05) is 12.1 Å². The monoisotopic (exact) mass is 266 g/mol. The molecule has 2 heteroatoms. The molecule has 0 heterocycles. The van der Waals surface area contributed by atoms with E-state index in [0.717, 1.165) is 16.8 Å². The van der Waals surface area contributed by atoms with Crippen LogP contribution in [0.3, 0.4) is 0 Å². The molecule has 0 aliphatic heterocycles. The summed E-state index contributed by atoms with van der Waals surface area (Å²) in [4.78, 5) is 0. The van der Waals surface area contributed by atoms with Gasteiger partial charge in [0, 0.05) is 0 Å². The summed E-state index contributed by atoms with van der Waals surface area (Å²) in [6.45, 7) is 0. The predicted molar refractivity (Wildman–Crippen MR) is 66.0 cm³/mol. The van der Waals surface area contributed by atoms with Crippen molar-refractivity contribution >= 4 is 15.9 Å². The molecule has 2 rings (SSSR count). The molecule has 0 radical (unpaired) electrons. The van der Waals surface area contributed by atoms with Gasteiger partial charge in [0.15, 0.2) is 0 Å². The summed E-state index contributed by atoms with van der Waals surface area (Å²) in [5.41, 5.74) is 1.31. The van der Waals surface area contributed by atoms with Gasteiger partial charge in [0.2, 0.25) is 0 Å². The molecule has 1 aliphatic carbocycles. The molecular weight excluding hydrogens is 252 g/mol. The van der Waals surface area contributed by atoms with Gasteiger partial charge in [-0.2, -0.15) is 0 Å². The van der Waals surface area contributed by atoms with Crippen molar-refractivity contribution < 1.29 is 5.11 Å². The molecule has 80 valence electrons. The Kier molecular flexibility index (Phi) is 3.47. The second-order valence-corrected chi connectivity index (χ2v) is 4.99. The molecule has 15 heavy (non-hydrogen) atoms. The zero-order valence-corrected chi connectivity index (χ0v) is 10.2. The van der Waals surface area contributed by atoms with Gasteiger partial charge in [0.05, 0.1) is 4.47 Å². The maximum Gasteiger partial charge on any atom is 0.129 e. The molecule has 1 N–H and O–H groups in total. The van der Waals surface area contributed by atoms with Gasteiger partial charge in [-0.05, 0) is 65.2 Å². The van der Waals surface area contributed by atoms with E-state index in [4.69, 9.17) is 0 Å². The highest BCUT2D eigenvalue weighted by Crippen LogP contribution is 2.28. The Morgan fingerprint density at radius 1 is 1.33 bits per heavy atom. The SMILES string of the molecule is Oc1ccc(C[C@@H]2CC=CCC2)cc1Br. The van der Waals surface area contributed by atoms with Crippen LogP contribution in [0.2, 0.25) is 0 Å². The van der Waals surface area contributed by atoms with Crippen molar-refractivity contribution in [2.45, 2.75) is 25.7 Å². The number of hydrogen-bond acceptors (Lipinski definition) is 1. The van der Waals surface area contributed by atoms with Crippen molar-refractivity contribution in [2.24, 2.45) is 5.92 Å². The predicted octanol–water partition coefficient (Wildman–Crippen LogP) is 4.05. The van der Waals surface area contributed by atoms with Crippen molar-refractivity contribution in [3.05, 3.63) is 40.4 Å². The zero-order chi connectivity index (χ0) is 10.7. The number of hydrogen-bond donors (Lipinski definition) is 1. The summed E-state index contributed by atoms with van der Waals surface area (Å²) < 4.78 is 0.798. The van der Waals surface area contributed by atoms with Gasteiger partial charge in [-0.25, -0.2) is 0 Å². The van der Waals surface area contributed by atoms with Gasteiger partial charge < -0.3 is 5.11 Å². The van der Waals surface area contributed by atoms with Gasteiger partial charge in [0.25, 0.3) is 0 Å². The zero-order valence-electron chi connectivity index (χ0n) is 8.62. The normalized spacial score (nSPS) is 20.5. The Bertz CT molecular complexity index is 371. The lowest BCUT2D eigenvalue weighted by molar-refractivity contribution is 0.466. The number of aromatic hydroxyl groups is 1. The van der Waals surface area contributed by atoms with Crippen LogP contribution in [0.15, 0.2) is 34.8 Å². The highest BCUT2D eigenvalue weighted by atomic mass is 79.9. The molecule has 0 amide bonds. The molecule has 0 saturated carbocycles. The smallest absolute Gasteiger partial charge is 0.129 e. The summed E-state index contributed by atoms with van der Waals surface area (Å²) in [6, 6.07) is 5.80. The van der Waals surface area contributed by atoms with Crippen LogP contribution in [-0.2, 0) is 6.42 Å². The summed E-state index contributed by atoms with van der Waals surface area (Å²) >= 11 is 3.35. The van der Waals surface area contributed by atoms with E-state index in [0.29, 0.717) is 5.75 Å². The third kappa shape index (κ3) is 2.85. The molecular formula is C13H15BrO. The lowest BCUT2D eigenvalue weighted by Gasteiger charge is -2.17. The molecule has 0 fully saturated rings. The number of benzene rings is 1. The molecule has 1 aliphatic rings. The first-order valence-corrected chi connectivity index (χ1v) is 6.17. The highest BCUT2D eigenvalue weighted by Gasteiger charge is 2.11. The van der Waals surface area contributed by atoms with Gasteiger partial charge in [-0.1, -0.05) is 18.2 Å². The summed E-state index contributed by atoms with van der Waals surface area (Å²) in [5, 5.41) is 9.39. The van der Waals surface area contributed by atoms with E-state index < -0.39 is 0 Å². The second-order valence-electron chi connectivity index (χ2n) is 4.14. The van der Waals surface area contributed by atoms with E-state index >= 15 is 0 Å². The van der Waals surface area contributed by atoms with Crippen molar-refractivity contribution in [1.29, 1.82) is 0 Å². The largest absolute Gasteiger partial charge is 0.507 e. The molecule has 0 aromatic heterocycles. The van der Waals surface area contributed by atoms with Crippen LogP contribution >= 0.6 is 15.9 Å². The summed E-state index contributed by atoms with van der Waals surface area (Å²) in [7, 11) is 0. The van der Waals surface area contributed by atoms with Crippen molar-refractivity contribution in [1.82, 2.24) is 0 Å². The number of halogens is 1. The Balaban J connectivity index is 2.04. The van der Waals surface area contributed by atoms with Gasteiger partial charge in [-0.15, -0.1) is 0 Å². The van der Waals surface area contributed by atoms with Crippen LogP contribution in [0.25, 0.3) is 0 Å².